The SMILES string of the molecule is NC(=O)COCCNc1nnc2ccccc2n1. The molecule has 3 N–H and O–H groups in total. The van der Waals surface area contributed by atoms with Gasteiger partial charge in [0.1, 0.15) is 12.1 Å². The summed E-state index contributed by atoms with van der Waals surface area (Å²) in [4.78, 5) is 14.7. The molecule has 1 heterocycles. The molecule has 0 spiro atoms. The zero-order chi connectivity index (χ0) is 12.8. The van der Waals surface area contributed by atoms with Crippen LogP contribution < -0.4 is 11.1 Å². The molecule has 0 unspecified atom stereocenters. The van der Waals surface area contributed by atoms with Crippen molar-refractivity contribution in [1.29, 1.82) is 0 Å². The van der Waals surface area contributed by atoms with Crippen molar-refractivity contribution in [3.8, 4) is 0 Å². The van der Waals surface area contributed by atoms with Gasteiger partial charge in [-0.15, -0.1) is 10.2 Å². The molecule has 0 aliphatic heterocycles. The molecule has 0 fully saturated rings. The summed E-state index contributed by atoms with van der Waals surface area (Å²) in [6, 6.07) is 7.47. The van der Waals surface area contributed by atoms with Crippen LogP contribution >= 0.6 is 0 Å². The van der Waals surface area contributed by atoms with E-state index in [9.17, 15) is 4.79 Å². The number of rotatable bonds is 6. The topological polar surface area (TPSA) is 103 Å². The van der Waals surface area contributed by atoms with Crippen LogP contribution in [0.15, 0.2) is 24.3 Å². The normalized spacial score (nSPS) is 10.4. The van der Waals surface area contributed by atoms with Crippen LogP contribution in [0, 0.1) is 0 Å². The van der Waals surface area contributed by atoms with E-state index in [0.29, 0.717) is 19.1 Å². The molecule has 18 heavy (non-hydrogen) atoms. The van der Waals surface area contributed by atoms with Gasteiger partial charge in [0.05, 0.1) is 12.1 Å². The predicted molar refractivity (Wildman–Crippen MR) is 65.8 cm³/mol. The fourth-order valence-corrected chi connectivity index (χ4v) is 1.36. The fraction of sp³-hybridized carbons (Fsp3) is 0.273. The summed E-state index contributed by atoms with van der Waals surface area (Å²) in [5, 5.41) is 10.9. The summed E-state index contributed by atoms with van der Waals surface area (Å²) in [6.07, 6.45) is 0. The smallest absolute Gasteiger partial charge is 0.243 e. The highest BCUT2D eigenvalue weighted by molar-refractivity contribution is 5.75. The zero-order valence-electron chi connectivity index (χ0n) is 9.67. The van der Waals surface area contributed by atoms with Gasteiger partial charge in [-0.25, -0.2) is 4.98 Å². The van der Waals surface area contributed by atoms with Crippen molar-refractivity contribution in [2.45, 2.75) is 0 Å². The van der Waals surface area contributed by atoms with Gasteiger partial charge in [0.25, 0.3) is 0 Å². The third-order valence-corrected chi connectivity index (χ3v) is 2.13. The van der Waals surface area contributed by atoms with Crippen molar-refractivity contribution in [2.75, 3.05) is 25.1 Å². The average Bonchev–Trinajstić information content (AvgIpc) is 2.38. The van der Waals surface area contributed by atoms with Gasteiger partial charge < -0.3 is 15.8 Å². The van der Waals surface area contributed by atoms with Gasteiger partial charge in [-0.05, 0) is 12.1 Å². The molecule has 0 saturated carbocycles. The van der Waals surface area contributed by atoms with E-state index in [1.165, 1.54) is 0 Å². The molecule has 1 aromatic carbocycles. The number of hydrogen-bond acceptors (Lipinski definition) is 6. The Balaban J connectivity index is 1.86. The van der Waals surface area contributed by atoms with Crippen molar-refractivity contribution in [3.05, 3.63) is 24.3 Å². The third kappa shape index (κ3) is 3.36. The van der Waals surface area contributed by atoms with Gasteiger partial charge in [0, 0.05) is 6.54 Å². The van der Waals surface area contributed by atoms with Crippen molar-refractivity contribution in [2.24, 2.45) is 5.73 Å². The van der Waals surface area contributed by atoms with Crippen LogP contribution in [-0.4, -0.2) is 40.8 Å². The molecule has 0 aliphatic carbocycles. The number of benzene rings is 1. The van der Waals surface area contributed by atoms with Crippen LogP contribution in [0.5, 0.6) is 0 Å². The second-order valence-corrected chi connectivity index (χ2v) is 3.57. The first kappa shape index (κ1) is 12.2. The molecular formula is C11H13N5O2. The number of anilines is 1. The first-order valence-electron chi connectivity index (χ1n) is 5.45. The number of carbonyl (C=O) groups is 1. The summed E-state index contributed by atoms with van der Waals surface area (Å²) in [5.41, 5.74) is 6.44. The Kier molecular flexibility index (Phi) is 3.98. The molecule has 0 atom stereocenters. The molecule has 0 radical (unpaired) electrons. The third-order valence-electron chi connectivity index (χ3n) is 2.13. The minimum Gasteiger partial charge on any atom is -0.370 e. The number of ether oxygens (including phenoxy) is 1. The van der Waals surface area contributed by atoms with Gasteiger partial charge in [0.15, 0.2) is 0 Å². The van der Waals surface area contributed by atoms with Crippen molar-refractivity contribution >= 4 is 22.9 Å². The minimum absolute atomic E-state index is 0.0848. The van der Waals surface area contributed by atoms with Gasteiger partial charge in [-0.3, -0.25) is 4.79 Å². The lowest BCUT2D eigenvalue weighted by molar-refractivity contribution is -0.122. The van der Waals surface area contributed by atoms with E-state index in [2.05, 4.69) is 20.5 Å². The maximum atomic E-state index is 10.4. The Labute approximate surface area is 103 Å². The lowest BCUT2D eigenvalue weighted by atomic mass is 10.3. The summed E-state index contributed by atoms with van der Waals surface area (Å²) in [7, 11) is 0. The van der Waals surface area contributed by atoms with Crippen molar-refractivity contribution < 1.29 is 9.53 Å². The second kappa shape index (κ2) is 5.87. The van der Waals surface area contributed by atoms with Crippen molar-refractivity contribution in [1.82, 2.24) is 15.2 Å². The summed E-state index contributed by atoms with van der Waals surface area (Å²) >= 11 is 0. The van der Waals surface area contributed by atoms with E-state index < -0.39 is 5.91 Å². The molecule has 0 saturated heterocycles. The summed E-state index contributed by atoms with van der Waals surface area (Å²) in [5.74, 6) is -0.0602. The standard InChI is InChI=1S/C11H13N5O2/c12-10(17)7-18-6-5-13-11-14-8-3-1-2-4-9(8)15-16-11/h1-4H,5-7H2,(H2,12,17)(H,13,14,16). The van der Waals surface area contributed by atoms with Crippen LogP contribution in [0.4, 0.5) is 5.95 Å². The number of nitrogens with zero attached hydrogens (tertiary/aromatic N) is 3. The average molecular weight is 247 g/mol. The van der Waals surface area contributed by atoms with E-state index in [0.717, 1.165) is 11.0 Å². The number of nitrogens with two attached hydrogens (primary N) is 1. The number of aromatic nitrogens is 3. The molecule has 0 bridgehead atoms. The number of para-hydroxylation sites is 1. The van der Waals surface area contributed by atoms with Crippen LogP contribution in [0.1, 0.15) is 0 Å². The predicted octanol–water partition coefficient (Wildman–Crippen LogP) is -0.0614. The van der Waals surface area contributed by atoms with Crippen molar-refractivity contribution in [3.63, 3.8) is 0 Å². The van der Waals surface area contributed by atoms with E-state index >= 15 is 0 Å². The number of carbonyl (C=O) groups excluding carboxylic acids is 1. The Bertz CT molecular complexity index is 546. The highest BCUT2D eigenvalue weighted by Crippen LogP contribution is 2.08. The molecular weight excluding hydrogens is 234 g/mol. The van der Waals surface area contributed by atoms with Gasteiger partial charge in [-0.1, -0.05) is 12.1 Å². The Hall–Kier alpha value is -2.28. The monoisotopic (exact) mass is 247 g/mol. The fourth-order valence-electron chi connectivity index (χ4n) is 1.36. The lowest BCUT2D eigenvalue weighted by Gasteiger charge is -2.04. The minimum atomic E-state index is -0.487. The number of amides is 1. The molecule has 0 aliphatic rings. The molecule has 2 rings (SSSR count). The van der Waals surface area contributed by atoms with Gasteiger partial charge in [-0.2, -0.15) is 0 Å². The maximum absolute atomic E-state index is 10.4. The van der Waals surface area contributed by atoms with Gasteiger partial charge in [0.2, 0.25) is 11.9 Å². The summed E-state index contributed by atoms with van der Waals surface area (Å²) < 4.78 is 4.99. The number of hydrogen-bond donors (Lipinski definition) is 2. The zero-order valence-corrected chi connectivity index (χ0v) is 9.67. The Morgan fingerprint density at radius 1 is 1.28 bits per heavy atom. The van der Waals surface area contributed by atoms with E-state index in [1.807, 2.05) is 24.3 Å². The van der Waals surface area contributed by atoms with Crippen LogP contribution in [0.25, 0.3) is 11.0 Å². The Morgan fingerprint density at radius 3 is 2.83 bits per heavy atom. The number of nitrogens with one attached hydrogen (secondary N) is 1. The first-order valence-corrected chi connectivity index (χ1v) is 5.45. The van der Waals surface area contributed by atoms with Gasteiger partial charge >= 0.3 is 0 Å². The van der Waals surface area contributed by atoms with E-state index in [1.54, 1.807) is 0 Å². The Morgan fingerprint density at radius 2 is 2.06 bits per heavy atom. The number of fused-ring (bicyclic) bond motifs is 1. The molecule has 1 amide bonds. The van der Waals surface area contributed by atoms with Crippen LogP contribution in [-0.2, 0) is 9.53 Å². The maximum Gasteiger partial charge on any atom is 0.243 e. The van der Waals surface area contributed by atoms with Crippen LogP contribution in [0.2, 0.25) is 0 Å². The second-order valence-electron chi connectivity index (χ2n) is 3.57. The van der Waals surface area contributed by atoms with E-state index in [4.69, 9.17) is 10.5 Å². The molecule has 94 valence electrons. The van der Waals surface area contributed by atoms with Crippen LogP contribution in [0.3, 0.4) is 0 Å². The van der Waals surface area contributed by atoms with E-state index in [-0.39, 0.29) is 6.61 Å². The first-order chi connectivity index (χ1) is 8.75. The largest absolute Gasteiger partial charge is 0.370 e. The molecule has 7 nitrogen and oxygen atoms in total. The highest BCUT2D eigenvalue weighted by atomic mass is 16.5. The highest BCUT2D eigenvalue weighted by Gasteiger charge is 2.00. The number of primary amides is 1. The lowest BCUT2D eigenvalue weighted by Crippen LogP contribution is -2.21. The molecule has 1 aromatic heterocycles. The quantitative estimate of drug-likeness (QED) is 0.693. The summed E-state index contributed by atoms with van der Waals surface area (Å²) in [6.45, 7) is 0.741. The molecule has 7 heteroatoms. The molecule has 2 aromatic rings.